The van der Waals surface area contributed by atoms with E-state index in [2.05, 4.69) is 66.7 Å². The van der Waals surface area contributed by atoms with Gasteiger partial charge in [-0.2, -0.15) is 5.21 Å². The molecule has 0 fully saturated rings. The molecule has 1 unspecified atom stereocenters. The van der Waals surface area contributed by atoms with Crippen molar-refractivity contribution in [1.29, 1.82) is 0 Å². The highest BCUT2D eigenvalue weighted by Gasteiger charge is 2.21. The zero-order chi connectivity index (χ0) is 28.3. The summed E-state index contributed by atoms with van der Waals surface area (Å²) in [5.74, 6) is 1.13. The number of nitrogens with one attached hydrogen (secondary N) is 2. The monoisotopic (exact) mass is 564 g/mol. The number of benzene rings is 2. The molecule has 0 radical (unpaired) electrons. The van der Waals surface area contributed by atoms with Gasteiger partial charge in [0.05, 0.1) is 5.69 Å². The van der Waals surface area contributed by atoms with Crippen LogP contribution < -0.4 is 11.1 Å². The van der Waals surface area contributed by atoms with E-state index in [9.17, 15) is 4.79 Å². The first-order chi connectivity index (χ1) is 19.5. The van der Waals surface area contributed by atoms with E-state index in [1.54, 1.807) is 7.05 Å². The number of H-pyrrole nitrogens is 1. The Hall–Kier alpha value is -3.60. The van der Waals surface area contributed by atoms with Gasteiger partial charge in [-0.15, -0.1) is 10.2 Å². The number of aryl methyl sites for hydroxylation is 1. The molecule has 1 atom stereocenters. The van der Waals surface area contributed by atoms with E-state index in [1.165, 1.54) is 0 Å². The third-order valence-electron chi connectivity index (χ3n) is 6.91. The Morgan fingerprint density at radius 2 is 1.90 bits per heavy atom. The highest BCUT2D eigenvalue weighted by Crippen LogP contribution is 2.30. The van der Waals surface area contributed by atoms with Gasteiger partial charge in [-0.25, -0.2) is 4.98 Å². The number of hydrogen-bond donors (Lipinski definition) is 3. The summed E-state index contributed by atoms with van der Waals surface area (Å²) >= 11 is 6.59. The largest absolute Gasteiger partial charge is 0.458 e. The molecular formula is C29H37ClN8O2. The molecule has 0 aliphatic heterocycles. The van der Waals surface area contributed by atoms with Gasteiger partial charge in [0.2, 0.25) is 5.82 Å². The number of nitrogens with zero attached hydrogens (tertiary/aromatic N) is 5. The van der Waals surface area contributed by atoms with Crippen molar-refractivity contribution < 1.29 is 9.53 Å². The summed E-state index contributed by atoms with van der Waals surface area (Å²) in [4.78, 5) is 17.4. The summed E-state index contributed by atoms with van der Waals surface area (Å²) in [5, 5.41) is 17.9. The first-order valence-corrected chi connectivity index (χ1v) is 14.1. The second kappa shape index (κ2) is 14.7. The van der Waals surface area contributed by atoms with Crippen LogP contribution in [0.4, 0.5) is 0 Å². The normalized spacial score (nSPS) is 12.0. The Bertz CT molecular complexity index is 1360. The molecular weight excluding hydrogens is 528 g/mol. The van der Waals surface area contributed by atoms with Crippen LogP contribution in [0.1, 0.15) is 56.1 Å². The van der Waals surface area contributed by atoms with E-state index in [0.29, 0.717) is 36.2 Å². The van der Waals surface area contributed by atoms with E-state index in [4.69, 9.17) is 22.1 Å². The summed E-state index contributed by atoms with van der Waals surface area (Å²) in [7, 11) is 1.76. The Morgan fingerprint density at radius 1 is 1.12 bits per heavy atom. The van der Waals surface area contributed by atoms with Crippen LogP contribution in [0, 0.1) is 0 Å². The molecule has 0 saturated heterocycles. The third kappa shape index (κ3) is 7.32. The number of likely N-dealkylation sites (N-methyl/N-ethyl adjacent to an activating group) is 1. The second-order valence-electron chi connectivity index (χ2n) is 9.67. The summed E-state index contributed by atoms with van der Waals surface area (Å²) in [6.45, 7) is 3.37. The molecule has 4 rings (SSSR count). The average molecular weight is 565 g/mol. The maximum Gasteiger partial charge on any atom is 0.323 e. The zero-order valence-electron chi connectivity index (χ0n) is 23.1. The van der Waals surface area contributed by atoms with Crippen LogP contribution in [0.5, 0.6) is 0 Å². The summed E-state index contributed by atoms with van der Waals surface area (Å²) in [5.41, 5.74) is 10.3. The zero-order valence-corrected chi connectivity index (χ0v) is 23.8. The molecule has 0 aliphatic carbocycles. The van der Waals surface area contributed by atoms with E-state index >= 15 is 0 Å². The minimum atomic E-state index is -0.385. The van der Waals surface area contributed by atoms with Crippen LogP contribution in [0.2, 0.25) is 5.15 Å². The van der Waals surface area contributed by atoms with E-state index in [-0.39, 0.29) is 18.6 Å². The molecule has 212 valence electrons. The van der Waals surface area contributed by atoms with Crippen molar-refractivity contribution in [3.8, 4) is 22.5 Å². The SMILES string of the molecule is CCCCc1nc(Cl)c(COC(=O)C(CCCCN)NC)n1Cc1ccc(-c2ccccc2-c2nn[nH]n2)cc1. The van der Waals surface area contributed by atoms with Crippen molar-refractivity contribution >= 4 is 17.6 Å². The molecule has 2 aromatic carbocycles. The Balaban J connectivity index is 1.53. The lowest BCUT2D eigenvalue weighted by atomic mass is 9.98. The molecule has 2 aromatic heterocycles. The van der Waals surface area contributed by atoms with Gasteiger partial charge in [0, 0.05) is 18.5 Å². The second-order valence-corrected chi connectivity index (χ2v) is 10.0. The lowest BCUT2D eigenvalue weighted by Gasteiger charge is -2.17. The number of unbranched alkanes of at least 4 members (excludes halogenated alkanes) is 2. The maximum absolute atomic E-state index is 12.8. The van der Waals surface area contributed by atoms with Crippen LogP contribution in [-0.2, 0) is 29.1 Å². The number of carbonyl (C=O) groups is 1. The fourth-order valence-corrected chi connectivity index (χ4v) is 4.90. The number of tetrazole rings is 1. The van der Waals surface area contributed by atoms with Crippen LogP contribution in [0.15, 0.2) is 48.5 Å². The Morgan fingerprint density at radius 3 is 2.58 bits per heavy atom. The summed E-state index contributed by atoms with van der Waals surface area (Å²) in [6, 6.07) is 15.9. The van der Waals surface area contributed by atoms with Gasteiger partial charge in [0.25, 0.3) is 0 Å². The number of aromatic amines is 1. The third-order valence-corrected chi connectivity index (χ3v) is 7.21. The predicted octanol–water partition coefficient (Wildman–Crippen LogP) is 4.53. The van der Waals surface area contributed by atoms with Gasteiger partial charge < -0.3 is 20.4 Å². The minimum absolute atomic E-state index is 0.0576. The van der Waals surface area contributed by atoms with Gasteiger partial charge in [0.1, 0.15) is 18.5 Å². The molecule has 0 bridgehead atoms. The molecule has 2 heterocycles. The number of carbonyl (C=O) groups excluding carboxylic acids is 1. The molecule has 0 aliphatic rings. The van der Waals surface area contributed by atoms with E-state index < -0.39 is 0 Å². The number of aromatic nitrogens is 6. The fourth-order valence-electron chi connectivity index (χ4n) is 4.65. The van der Waals surface area contributed by atoms with Gasteiger partial charge >= 0.3 is 5.97 Å². The number of nitrogens with two attached hydrogens (primary N) is 1. The van der Waals surface area contributed by atoms with Crippen molar-refractivity contribution in [3.05, 3.63) is 70.8 Å². The van der Waals surface area contributed by atoms with Crippen molar-refractivity contribution in [2.75, 3.05) is 13.6 Å². The van der Waals surface area contributed by atoms with E-state index in [0.717, 1.165) is 60.2 Å². The highest BCUT2D eigenvalue weighted by molar-refractivity contribution is 6.30. The maximum atomic E-state index is 12.8. The quantitative estimate of drug-likeness (QED) is 0.141. The van der Waals surface area contributed by atoms with Crippen LogP contribution in [-0.4, -0.2) is 55.8 Å². The van der Waals surface area contributed by atoms with Gasteiger partial charge in [-0.1, -0.05) is 79.9 Å². The summed E-state index contributed by atoms with van der Waals surface area (Å²) in [6.07, 6.45) is 5.21. The number of ether oxygens (including phenoxy) is 1. The van der Waals surface area contributed by atoms with Crippen molar-refractivity contribution in [3.63, 3.8) is 0 Å². The number of esters is 1. The molecule has 11 heteroatoms. The molecule has 0 saturated carbocycles. The van der Waals surface area contributed by atoms with Crippen molar-refractivity contribution in [1.82, 2.24) is 35.5 Å². The standard InChI is InChI=1S/C29H37ClN8O2/c1-3-4-12-26-33-27(30)25(19-40-29(39)24(32-2)11-7-8-17-31)38(26)18-20-13-15-21(16-14-20)22-9-5-6-10-23(22)28-34-36-37-35-28/h5-6,9-10,13-16,24,32H,3-4,7-8,11-12,17-19,31H2,1-2H3,(H,34,35,36,37). The molecule has 0 spiro atoms. The predicted molar refractivity (Wildman–Crippen MR) is 156 cm³/mol. The molecule has 40 heavy (non-hydrogen) atoms. The van der Waals surface area contributed by atoms with Gasteiger partial charge in [0.15, 0.2) is 5.15 Å². The minimum Gasteiger partial charge on any atom is -0.458 e. The van der Waals surface area contributed by atoms with Crippen LogP contribution >= 0.6 is 11.6 Å². The lowest BCUT2D eigenvalue weighted by molar-refractivity contribution is -0.147. The Labute approximate surface area is 239 Å². The van der Waals surface area contributed by atoms with Gasteiger partial charge in [-0.05, 0) is 54.8 Å². The van der Waals surface area contributed by atoms with Crippen molar-refractivity contribution in [2.45, 2.75) is 64.6 Å². The molecule has 4 aromatic rings. The topological polar surface area (TPSA) is 137 Å². The first kappa shape index (κ1) is 29.4. The highest BCUT2D eigenvalue weighted by atomic mass is 35.5. The molecule has 4 N–H and O–H groups in total. The first-order valence-electron chi connectivity index (χ1n) is 13.8. The number of hydrogen-bond acceptors (Lipinski definition) is 8. The van der Waals surface area contributed by atoms with Crippen molar-refractivity contribution in [2.24, 2.45) is 5.73 Å². The number of imidazole rings is 1. The Kier molecular flexibility index (Phi) is 10.8. The fraction of sp³-hybridized carbons (Fsp3) is 0.414. The smallest absolute Gasteiger partial charge is 0.323 e. The number of halogens is 1. The average Bonchev–Trinajstić information content (AvgIpc) is 3.62. The lowest BCUT2D eigenvalue weighted by Crippen LogP contribution is -2.35. The van der Waals surface area contributed by atoms with E-state index in [1.807, 2.05) is 24.3 Å². The van der Waals surface area contributed by atoms with Crippen LogP contribution in [0.3, 0.4) is 0 Å². The number of rotatable bonds is 15. The molecule has 10 nitrogen and oxygen atoms in total. The molecule has 0 amide bonds. The van der Waals surface area contributed by atoms with Gasteiger partial charge in [-0.3, -0.25) is 4.79 Å². The summed E-state index contributed by atoms with van der Waals surface area (Å²) < 4.78 is 7.80. The van der Waals surface area contributed by atoms with Crippen LogP contribution in [0.25, 0.3) is 22.5 Å².